The molecule has 0 aliphatic carbocycles. The number of rotatable bonds is 6. The summed E-state index contributed by atoms with van der Waals surface area (Å²) in [6, 6.07) is 17.4. The summed E-state index contributed by atoms with van der Waals surface area (Å²) in [7, 11) is 0. The van der Waals surface area contributed by atoms with E-state index in [4.69, 9.17) is 0 Å². The summed E-state index contributed by atoms with van der Waals surface area (Å²) in [4.78, 5) is 25.1. The van der Waals surface area contributed by atoms with Crippen LogP contribution in [-0.2, 0) is 16.1 Å². The van der Waals surface area contributed by atoms with Crippen molar-refractivity contribution in [1.29, 1.82) is 0 Å². The first-order chi connectivity index (χ1) is 11.8. The second kappa shape index (κ2) is 7.97. The molecule has 132 valence electrons. The second-order valence-electron chi connectivity index (χ2n) is 6.84. The number of aryl methyl sites for hydroxylation is 1. The zero-order chi connectivity index (χ0) is 18.4. The smallest absolute Gasteiger partial charge is 0.235 e. The Kier molecular flexibility index (Phi) is 5.97. The van der Waals surface area contributed by atoms with Gasteiger partial charge in [0.1, 0.15) is 5.41 Å². The molecule has 2 aromatic rings. The highest BCUT2D eigenvalue weighted by Crippen LogP contribution is 2.19. The monoisotopic (exact) mass is 338 g/mol. The van der Waals surface area contributed by atoms with Gasteiger partial charge in [-0.2, -0.15) is 0 Å². The fourth-order valence-corrected chi connectivity index (χ4v) is 2.51. The van der Waals surface area contributed by atoms with Crippen molar-refractivity contribution >= 4 is 11.8 Å². The van der Waals surface area contributed by atoms with Crippen LogP contribution in [0.25, 0.3) is 0 Å². The van der Waals surface area contributed by atoms with E-state index >= 15 is 0 Å². The molecule has 4 nitrogen and oxygen atoms in total. The van der Waals surface area contributed by atoms with Crippen LogP contribution >= 0.6 is 0 Å². The Labute approximate surface area is 149 Å². The Bertz CT molecular complexity index is 739. The van der Waals surface area contributed by atoms with Crippen molar-refractivity contribution in [2.45, 2.75) is 40.3 Å². The number of carbonyl (C=O) groups excluding carboxylic acids is 2. The van der Waals surface area contributed by atoms with Crippen molar-refractivity contribution in [3.63, 3.8) is 0 Å². The lowest BCUT2D eigenvalue weighted by atomic mass is 9.90. The number of nitrogens with one attached hydrogen (secondary N) is 2. The molecule has 0 heterocycles. The third-order valence-corrected chi connectivity index (χ3v) is 4.48. The number of hydrogen-bond acceptors (Lipinski definition) is 2. The van der Waals surface area contributed by atoms with E-state index in [1.165, 1.54) is 0 Å². The van der Waals surface area contributed by atoms with Gasteiger partial charge in [-0.25, -0.2) is 0 Å². The van der Waals surface area contributed by atoms with E-state index < -0.39 is 5.41 Å². The Hall–Kier alpha value is -2.62. The maximum Gasteiger partial charge on any atom is 0.235 e. The Morgan fingerprint density at radius 3 is 2.20 bits per heavy atom. The summed E-state index contributed by atoms with van der Waals surface area (Å²) >= 11 is 0. The highest BCUT2D eigenvalue weighted by Gasteiger charge is 2.36. The van der Waals surface area contributed by atoms with Gasteiger partial charge in [0.15, 0.2) is 0 Å². The number of benzene rings is 2. The van der Waals surface area contributed by atoms with Gasteiger partial charge in [-0.15, -0.1) is 0 Å². The third kappa shape index (κ3) is 4.69. The summed E-state index contributed by atoms with van der Waals surface area (Å²) in [5, 5.41) is 5.80. The molecule has 4 heteroatoms. The largest absolute Gasteiger partial charge is 0.351 e. The molecule has 0 aliphatic rings. The number of hydrogen-bond donors (Lipinski definition) is 2. The van der Waals surface area contributed by atoms with Gasteiger partial charge in [-0.3, -0.25) is 9.59 Å². The van der Waals surface area contributed by atoms with Gasteiger partial charge in [0.05, 0.1) is 6.04 Å². The minimum Gasteiger partial charge on any atom is -0.351 e. The van der Waals surface area contributed by atoms with Crippen LogP contribution in [-0.4, -0.2) is 11.8 Å². The van der Waals surface area contributed by atoms with Crippen molar-refractivity contribution in [1.82, 2.24) is 10.6 Å². The average molecular weight is 338 g/mol. The molecule has 2 amide bonds. The van der Waals surface area contributed by atoms with Gasteiger partial charge in [0.25, 0.3) is 0 Å². The Balaban J connectivity index is 1.97. The van der Waals surface area contributed by atoms with Crippen LogP contribution in [0.4, 0.5) is 0 Å². The van der Waals surface area contributed by atoms with Crippen LogP contribution in [0.1, 0.15) is 43.5 Å². The van der Waals surface area contributed by atoms with Crippen LogP contribution in [0.2, 0.25) is 0 Å². The fraction of sp³-hybridized carbons (Fsp3) is 0.333. The van der Waals surface area contributed by atoms with Gasteiger partial charge in [0.2, 0.25) is 11.8 Å². The highest BCUT2D eigenvalue weighted by molar-refractivity contribution is 6.04. The first kappa shape index (κ1) is 18.7. The summed E-state index contributed by atoms with van der Waals surface area (Å²) in [6.45, 7) is 7.62. The van der Waals surface area contributed by atoms with Crippen LogP contribution in [0.5, 0.6) is 0 Å². The lowest BCUT2D eigenvalue weighted by Gasteiger charge is -2.25. The summed E-state index contributed by atoms with van der Waals surface area (Å²) < 4.78 is 0. The van der Waals surface area contributed by atoms with Gasteiger partial charge in [0, 0.05) is 6.54 Å². The van der Waals surface area contributed by atoms with Crippen LogP contribution in [0, 0.1) is 12.3 Å². The molecular weight excluding hydrogens is 312 g/mol. The van der Waals surface area contributed by atoms with E-state index in [1.807, 2.05) is 68.4 Å². The van der Waals surface area contributed by atoms with E-state index in [9.17, 15) is 9.59 Å². The van der Waals surface area contributed by atoms with Gasteiger partial charge >= 0.3 is 0 Å². The summed E-state index contributed by atoms with van der Waals surface area (Å²) in [5.74, 6) is -0.570. The van der Waals surface area contributed by atoms with Crippen molar-refractivity contribution in [3.05, 3.63) is 71.3 Å². The molecule has 0 fully saturated rings. The molecule has 1 atom stereocenters. The molecule has 0 spiro atoms. The molecule has 0 saturated heterocycles. The standard InChI is InChI=1S/C21H26N2O2/c1-15-10-8-9-13-18(15)14-22-19(24)21(3,4)20(25)23-16(2)17-11-6-5-7-12-17/h5-13,16H,14H2,1-4H3,(H,22,24)(H,23,25). The van der Waals surface area contributed by atoms with Crippen LogP contribution in [0.15, 0.2) is 54.6 Å². The molecule has 0 aliphatic heterocycles. The van der Waals surface area contributed by atoms with Crippen molar-refractivity contribution in [2.24, 2.45) is 5.41 Å². The van der Waals surface area contributed by atoms with Gasteiger partial charge < -0.3 is 10.6 Å². The lowest BCUT2D eigenvalue weighted by Crippen LogP contribution is -2.48. The minimum absolute atomic E-state index is 0.155. The van der Waals surface area contributed by atoms with Gasteiger partial charge in [-0.05, 0) is 44.4 Å². The number of carbonyl (C=O) groups is 2. The van der Waals surface area contributed by atoms with E-state index in [0.29, 0.717) is 6.54 Å². The average Bonchev–Trinajstić information content (AvgIpc) is 2.61. The molecule has 25 heavy (non-hydrogen) atoms. The predicted molar refractivity (Wildman–Crippen MR) is 99.8 cm³/mol. The maximum atomic E-state index is 12.6. The Morgan fingerprint density at radius 2 is 1.56 bits per heavy atom. The minimum atomic E-state index is -1.15. The highest BCUT2D eigenvalue weighted by atomic mass is 16.2. The van der Waals surface area contributed by atoms with Crippen LogP contribution < -0.4 is 10.6 Å². The SMILES string of the molecule is Cc1ccccc1CNC(=O)C(C)(C)C(=O)NC(C)c1ccccc1. The third-order valence-electron chi connectivity index (χ3n) is 4.48. The summed E-state index contributed by atoms with van der Waals surface area (Å²) in [5.41, 5.74) is 2.02. The van der Waals surface area contributed by atoms with Crippen LogP contribution in [0.3, 0.4) is 0 Å². The lowest BCUT2D eigenvalue weighted by molar-refractivity contribution is -0.141. The van der Waals surface area contributed by atoms with E-state index in [-0.39, 0.29) is 17.9 Å². The van der Waals surface area contributed by atoms with E-state index in [2.05, 4.69) is 10.6 Å². The normalized spacial score (nSPS) is 12.3. The van der Waals surface area contributed by atoms with E-state index in [0.717, 1.165) is 16.7 Å². The molecule has 0 saturated carbocycles. The topological polar surface area (TPSA) is 58.2 Å². The number of amides is 2. The first-order valence-electron chi connectivity index (χ1n) is 8.51. The quantitative estimate of drug-likeness (QED) is 0.792. The second-order valence-corrected chi connectivity index (χ2v) is 6.84. The summed E-state index contributed by atoms with van der Waals surface area (Å²) in [6.07, 6.45) is 0. The van der Waals surface area contributed by atoms with Crippen molar-refractivity contribution in [3.8, 4) is 0 Å². The van der Waals surface area contributed by atoms with E-state index in [1.54, 1.807) is 13.8 Å². The van der Waals surface area contributed by atoms with Gasteiger partial charge in [-0.1, -0.05) is 54.6 Å². The molecule has 2 aromatic carbocycles. The fourth-order valence-electron chi connectivity index (χ4n) is 2.51. The Morgan fingerprint density at radius 1 is 0.960 bits per heavy atom. The van der Waals surface area contributed by atoms with Crippen molar-refractivity contribution < 1.29 is 9.59 Å². The molecular formula is C21H26N2O2. The molecule has 2 rings (SSSR count). The predicted octanol–water partition coefficient (Wildman–Crippen LogP) is 3.51. The molecule has 2 N–H and O–H groups in total. The maximum absolute atomic E-state index is 12.6. The zero-order valence-electron chi connectivity index (χ0n) is 15.3. The molecule has 0 bridgehead atoms. The molecule has 1 unspecified atom stereocenters. The molecule has 0 radical (unpaired) electrons. The molecule has 0 aromatic heterocycles. The first-order valence-corrected chi connectivity index (χ1v) is 8.51. The van der Waals surface area contributed by atoms with Crippen molar-refractivity contribution in [2.75, 3.05) is 0 Å². The zero-order valence-corrected chi connectivity index (χ0v) is 15.3.